The molecule has 5 rings (SSSR count). The topological polar surface area (TPSA) is 133 Å². The number of nitrogens with one attached hydrogen (secondary N) is 1. The molecule has 2 saturated carbocycles. The second-order valence-electron chi connectivity index (χ2n) is 13.3. The number of ether oxygens (including phenoxy) is 1. The first-order valence-electron chi connectivity index (χ1n) is 14.2. The quantitative estimate of drug-likeness (QED) is 0.325. The van der Waals surface area contributed by atoms with Crippen LogP contribution in [0, 0.1) is 47.3 Å². The molecule has 0 saturated heterocycles. The molecule has 4 N–H and O–H groups in total. The van der Waals surface area contributed by atoms with Gasteiger partial charge in [-0.3, -0.25) is 9.59 Å². The van der Waals surface area contributed by atoms with Crippen molar-refractivity contribution in [3.63, 3.8) is 0 Å². The highest BCUT2D eigenvalue weighted by Crippen LogP contribution is 2.71. The van der Waals surface area contributed by atoms with Crippen molar-refractivity contribution in [2.45, 2.75) is 72.7 Å². The highest BCUT2D eigenvalue weighted by Gasteiger charge is 2.76. The van der Waals surface area contributed by atoms with Gasteiger partial charge >= 0.3 is 5.97 Å². The summed E-state index contributed by atoms with van der Waals surface area (Å²) in [7, 11) is 0. The van der Waals surface area contributed by atoms with Crippen LogP contribution in [-0.2, 0) is 14.3 Å². The Hall–Kier alpha value is -2.81. The van der Waals surface area contributed by atoms with Gasteiger partial charge in [-0.1, -0.05) is 58.9 Å². The largest absolute Gasteiger partial charge is 0.451 e. The zero-order valence-electron chi connectivity index (χ0n) is 24.3. The van der Waals surface area contributed by atoms with E-state index in [0.29, 0.717) is 17.6 Å². The zero-order chi connectivity index (χ0) is 29.5. The van der Waals surface area contributed by atoms with Crippen molar-refractivity contribution in [3.05, 3.63) is 52.6 Å². The molecule has 0 aliphatic heterocycles. The van der Waals surface area contributed by atoms with Crippen LogP contribution in [0.3, 0.4) is 0 Å². The van der Waals surface area contributed by atoms with Crippen LogP contribution in [0.25, 0.3) is 0 Å². The molecule has 1 amide bonds. The number of benzene rings is 1. The fourth-order valence-corrected chi connectivity index (χ4v) is 8.08. The molecule has 8 heteroatoms. The van der Waals surface area contributed by atoms with Crippen LogP contribution in [0.15, 0.2) is 41.5 Å². The van der Waals surface area contributed by atoms with Gasteiger partial charge in [0.1, 0.15) is 6.10 Å². The molecule has 0 heterocycles. The van der Waals surface area contributed by atoms with Gasteiger partial charge in [0.25, 0.3) is 0 Å². The molecule has 1 aromatic rings. The number of aryl methyl sites for hydroxylation is 1. The molecular weight excluding hydrogens is 510 g/mol. The average molecular weight is 552 g/mol. The van der Waals surface area contributed by atoms with Gasteiger partial charge in [0, 0.05) is 11.8 Å². The molecule has 1 spiro atoms. The van der Waals surface area contributed by atoms with E-state index in [4.69, 9.17) is 4.74 Å². The number of Topliss-reactive ketones (excluding diaryl/α,β-unsaturated/α-hetero) is 1. The van der Waals surface area contributed by atoms with Gasteiger partial charge in [0.05, 0.1) is 23.3 Å². The number of carbonyl (C=O) groups excluding carboxylic acids is 3. The number of aliphatic hydroxyl groups excluding tert-OH is 2. The van der Waals surface area contributed by atoms with Gasteiger partial charge in [0.15, 0.2) is 17.5 Å². The van der Waals surface area contributed by atoms with Gasteiger partial charge in [-0.05, 0) is 66.2 Å². The summed E-state index contributed by atoms with van der Waals surface area (Å²) >= 11 is 0. The number of fused-ring (bicyclic) bond motifs is 3. The monoisotopic (exact) mass is 551 g/mol. The molecular formula is C32H41NO7. The number of anilines is 1. The average Bonchev–Trinajstić information content (AvgIpc) is 3.37. The van der Waals surface area contributed by atoms with Crippen molar-refractivity contribution in [1.29, 1.82) is 0 Å². The zero-order valence-corrected chi connectivity index (χ0v) is 24.3. The summed E-state index contributed by atoms with van der Waals surface area (Å²) in [5.74, 6) is -2.24. The van der Waals surface area contributed by atoms with E-state index in [0.717, 1.165) is 0 Å². The van der Waals surface area contributed by atoms with Gasteiger partial charge in [-0.15, -0.1) is 0 Å². The molecule has 8 atom stereocenters. The van der Waals surface area contributed by atoms with E-state index in [1.54, 1.807) is 58.0 Å². The third-order valence-electron chi connectivity index (χ3n) is 10.4. The third-order valence-corrected chi connectivity index (χ3v) is 10.4. The summed E-state index contributed by atoms with van der Waals surface area (Å²) < 4.78 is 6.04. The van der Waals surface area contributed by atoms with Crippen LogP contribution >= 0.6 is 0 Å². The Balaban J connectivity index is 1.59. The summed E-state index contributed by atoms with van der Waals surface area (Å²) in [6, 6.07) is 5.05. The first kappa shape index (κ1) is 28.7. The van der Waals surface area contributed by atoms with E-state index in [2.05, 4.69) is 19.2 Å². The normalized spacial score (nSPS) is 37.4. The van der Waals surface area contributed by atoms with Crippen LogP contribution in [-0.4, -0.2) is 57.4 Å². The van der Waals surface area contributed by atoms with Gasteiger partial charge in [-0.25, -0.2) is 4.79 Å². The molecule has 1 unspecified atom stereocenters. The van der Waals surface area contributed by atoms with E-state index in [-0.39, 0.29) is 57.6 Å². The maximum absolute atomic E-state index is 14.5. The molecule has 40 heavy (non-hydrogen) atoms. The van der Waals surface area contributed by atoms with Gasteiger partial charge in [-0.2, -0.15) is 0 Å². The van der Waals surface area contributed by atoms with Crippen molar-refractivity contribution >= 4 is 23.3 Å². The number of rotatable bonds is 5. The van der Waals surface area contributed by atoms with Crippen molar-refractivity contribution in [2.24, 2.45) is 40.4 Å². The van der Waals surface area contributed by atoms with Crippen molar-refractivity contribution in [3.8, 4) is 0 Å². The number of aliphatic hydroxyl groups is 3. The molecule has 1 aromatic carbocycles. The lowest BCUT2D eigenvalue weighted by atomic mass is 9.59. The summed E-state index contributed by atoms with van der Waals surface area (Å²) in [6.07, 6.45) is 1.03. The first-order chi connectivity index (χ1) is 18.6. The number of amides is 1. The Bertz CT molecular complexity index is 1340. The SMILES string of the molecule is CC1=C[C@]23C(=O)C(C=C(CO)[C@@H](O)[C@]2(O)[C@H]1OC(=O)c1c(C)cccc1NC(=O)C(C)C)[C@H]1[C@@H](C[C@H]3C)C1(C)C. The maximum Gasteiger partial charge on any atom is 0.341 e. The summed E-state index contributed by atoms with van der Waals surface area (Å²) in [5.41, 5.74) is -2.22. The number of allylic oxidation sites excluding steroid dienone is 1. The van der Waals surface area contributed by atoms with Crippen molar-refractivity contribution in [1.82, 2.24) is 0 Å². The van der Waals surface area contributed by atoms with Crippen LogP contribution in [0.2, 0.25) is 0 Å². The minimum Gasteiger partial charge on any atom is -0.451 e. The molecule has 8 nitrogen and oxygen atoms in total. The van der Waals surface area contributed by atoms with Crippen LogP contribution < -0.4 is 5.32 Å². The first-order valence-corrected chi connectivity index (χ1v) is 14.2. The molecule has 0 aromatic heterocycles. The lowest BCUT2D eigenvalue weighted by molar-refractivity contribution is -0.190. The Morgan fingerprint density at radius 1 is 1.20 bits per heavy atom. The highest BCUT2D eigenvalue weighted by molar-refractivity contribution is 6.03. The Labute approximate surface area is 235 Å². The molecule has 4 aliphatic rings. The van der Waals surface area contributed by atoms with E-state index < -0.39 is 41.7 Å². The number of carbonyl (C=O) groups is 3. The second-order valence-corrected chi connectivity index (χ2v) is 13.3. The summed E-state index contributed by atoms with van der Waals surface area (Å²) in [4.78, 5) is 40.8. The third kappa shape index (κ3) is 3.72. The standard InChI is InChI=1S/C32H41NO7/c1-15(2)28(37)33-22-10-8-9-16(3)23(22)29(38)40-27-17(4)13-31-18(5)11-21-24(30(21,6)7)20(26(31)36)12-19(14-34)25(35)32(27,31)39/h8-10,12-13,15,18,20-21,24-25,27,34-35,39H,11,14H2,1-7H3,(H,33,37)/t18-,20?,21-,24+,25-,27+,31+,32+/m1/s1. The second kappa shape index (κ2) is 9.36. The number of ketones is 1. The van der Waals surface area contributed by atoms with Gasteiger partial charge < -0.3 is 25.4 Å². The van der Waals surface area contributed by atoms with Crippen molar-refractivity contribution < 1.29 is 34.4 Å². The minimum absolute atomic E-state index is 0.0346. The van der Waals surface area contributed by atoms with Crippen LogP contribution in [0.4, 0.5) is 5.69 Å². The lowest BCUT2D eigenvalue weighted by Crippen LogP contribution is -2.65. The maximum atomic E-state index is 14.5. The molecule has 0 radical (unpaired) electrons. The van der Waals surface area contributed by atoms with Crippen molar-refractivity contribution in [2.75, 3.05) is 11.9 Å². The minimum atomic E-state index is -2.22. The Kier molecular flexibility index (Phi) is 6.72. The fraction of sp³-hybridized carbons (Fsp3) is 0.594. The predicted octanol–water partition coefficient (Wildman–Crippen LogP) is 3.58. The van der Waals surface area contributed by atoms with E-state index in [1.807, 2.05) is 6.92 Å². The Morgan fingerprint density at radius 2 is 1.88 bits per heavy atom. The van der Waals surface area contributed by atoms with E-state index in [9.17, 15) is 29.7 Å². The number of hydrogen-bond donors (Lipinski definition) is 4. The summed E-state index contributed by atoms with van der Waals surface area (Å²) in [5, 5.41) is 37.4. The van der Waals surface area contributed by atoms with Crippen LogP contribution in [0.5, 0.6) is 0 Å². The highest BCUT2D eigenvalue weighted by atomic mass is 16.6. The Morgan fingerprint density at radius 3 is 2.50 bits per heavy atom. The molecule has 2 bridgehead atoms. The number of hydrogen-bond acceptors (Lipinski definition) is 7. The fourth-order valence-electron chi connectivity index (χ4n) is 8.08. The smallest absolute Gasteiger partial charge is 0.341 e. The number of esters is 1. The molecule has 216 valence electrons. The summed E-state index contributed by atoms with van der Waals surface area (Å²) in [6.45, 7) is 12.6. The predicted molar refractivity (Wildman–Crippen MR) is 149 cm³/mol. The molecule has 4 aliphatic carbocycles. The lowest BCUT2D eigenvalue weighted by Gasteiger charge is -2.48. The van der Waals surface area contributed by atoms with Gasteiger partial charge in [0.2, 0.25) is 5.91 Å². The van der Waals surface area contributed by atoms with E-state index in [1.165, 1.54) is 0 Å². The van der Waals surface area contributed by atoms with E-state index >= 15 is 0 Å². The van der Waals surface area contributed by atoms with Crippen LogP contribution in [0.1, 0.15) is 63.9 Å². The molecule has 2 fully saturated rings.